The van der Waals surface area contributed by atoms with E-state index in [2.05, 4.69) is 30.8 Å². The zero-order valence-corrected chi connectivity index (χ0v) is 11.4. The van der Waals surface area contributed by atoms with Crippen molar-refractivity contribution >= 4 is 17.7 Å². The number of nitrogens with zero attached hydrogens (tertiary/aromatic N) is 6. The van der Waals surface area contributed by atoms with E-state index in [0.717, 1.165) is 17.3 Å². The number of carbonyl (C=O) groups excluding carboxylic acids is 1. The summed E-state index contributed by atoms with van der Waals surface area (Å²) >= 11 is 1.14. The summed E-state index contributed by atoms with van der Waals surface area (Å²) in [6, 6.07) is 3.59. The van der Waals surface area contributed by atoms with Gasteiger partial charge in [-0.05, 0) is 12.1 Å². The quantitative estimate of drug-likeness (QED) is 0.681. The number of aromatic nitrogens is 6. The van der Waals surface area contributed by atoms with Gasteiger partial charge in [0.05, 0.1) is 11.3 Å². The summed E-state index contributed by atoms with van der Waals surface area (Å²) in [6.07, 6.45) is 6.05. The third kappa shape index (κ3) is 3.42. The number of hydrogen-bond donors (Lipinski definition) is 1. The van der Waals surface area contributed by atoms with Crippen molar-refractivity contribution in [2.45, 2.75) is 5.22 Å². The van der Waals surface area contributed by atoms with E-state index in [1.807, 2.05) is 6.07 Å². The molecule has 0 aromatic carbocycles. The van der Waals surface area contributed by atoms with E-state index in [1.54, 1.807) is 18.5 Å². The van der Waals surface area contributed by atoms with Gasteiger partial charge < -0.3 is 4.42 Å². The van der Waals surface area contributed by atoms with E-state index >= 15 is 0 Å². The SMILES string of the molecule is O=C(CSc1nnc(-c2cccnc2)o1)Nn1cnnc1. The van der Waals surface area contributed by atoms with Crippen molar-refractivity contribution < 1.29 is 9.21 Å². The maximum atomic E-state index is 11.7. The molecule has 0 aliphatic carbocycles. The van der Waals surface area contributed by atoms with Gasteiger partial charge in [-0.15, -0.1) is 20.4 Å². The molecule has 0 fully saturated rings. The van der Waals surface area contributed by atoms with Crippen molar-refractivity contribution in [3.63, 3.8) is 0 Å². The molecule has 10 heteroatoms. The molecule has 21 heavy (non-hydrogen) atoms. The molecule has 0 aliphatic heterocycles. The molecule has 0 saturated carbocycles. The predicted molar refractivity (Wildman–Crippen MR) is 72.6 cm³/mol. The average molecular weight is 303 g/mol. The highest BCUT2D eigenvalue weighted by atomic mass is 32.2. The van der Waals surface area contributed by atoms with E-state index in [0.29, 0.717) is 11.1 Å². The Morgan fingerprint density at radius 1 is 1.33 bits per heavy atom. The van der Waals surface area contributed by atoms with E-state index in [1.165, 1.54) is 17.3 Å². The lowest BCUT2D eigenvalue weighted by molar-refractivity contribution is -0.114. The molecule has 3 rings (SSSR count). The van der Waals surface area contributed by atoms with Crippen LogP contribution < -0.4 is 5.43 Å². The molecule has 3 aromatic rings. The first-order valence-electron chi connectivity index (χ1n) is 5.82. The maximum Gasteiger partial charge on any atom is 0.277 e. The van der Waals surface area contributed by atoms with Crippen molar-refractivity contribution in [2.75, 3.05) is 11.2 Å². The molecule has 3 heterocycles. The number of nitrogens with one attached hydrogen (secondary N) is 1. The predicted octanol–water partition coefficient (Wildman–Crippen LogP) is 0.585. The van der Waals surface area contributed by atoms with Gasteiger partial charge in [0.2, 0.25) is 11.8 Å². The minimum atomic E-state index is -0.235. The van der Waals surface area contributed by atoms with E-state index in [-0.39, 0.29) is 11.7 Å². The molecule has 0 spiro atoms. The van der Waals surface area contributed by atoms with Gasteiger partial charge in [0.1, 0.15) is 12.7 Å². The first-order valence-corrected chi connectivity index (χ1v) is 6.81. The molecule has 9 nitrogen and oxygen atoms in total. The average Bonchev–Trinajstić information content (AvgIpc) is 3.17. The van der Waals surface area contributed by atoms with E-state index in [4.69, 9.17) is 4.42 Å². The number of amides is 1. The molecule has 3 aromatic heterocycles. The summed E-state index contributed by atoms with van der Waals surface area (Å²) in [5, 5.41) is 15.2. The van der Waals surface area contributed by atoms with Gasteiger partial charge in [-0.3, -0.25) is 15.2 Å². The number of rotatable bonds is 5. The van der Waals surface area contributed by atoms with Crippen LogP contribution in [0.25, 0.3) is 11.5 Å². The zero-order chi connectivity index (χ0) is 14.5. The Kier molecular flexibility index (Phi) is 3.87. The molecule has 1 N–H and O–H groups in total. The fourth-order valence-electron chi connectivity index (χ4n) is 1.44. The molecule has 0 unspecified atom stereocenters. The van der Waals surface area contributed by atoms with Crippen LogP contribution in [-0.4, -0.2) is 41.7 Å². The Morgan fingerprint density at radius 3 is 2.95 bits per heavy atom. The molecule has 1 amide bonds. The number of pyridine rings is 1. The van der Waals surface area contributed by atoms with Gasteiger partial charge in [0.15, 0.2) is 0 Å². The van der Waals surface area contributed by atoms with Crippen LogP contribution in [0.2, 0.25) is 0 Å². The lowest BCUT2D eigenvalue weighted by Crippen LogP contribution is -2.23. The largest absolute Gasteiger partial charge is 0.411 e. The Bertz CT molecular complexity index is 713. The summed E-state index contributed by atoms with van der Waals surface area (Å²) in [4.78, 5) is 15.6. The van der Waals surface area contributed by atoms with Crippen LogP contribution in [0.5, 0.6) is 0 Å². The van der Waals surface area contributed by atoms with Gasteiger partial charge >= 0.3 is 0 Å². The highest BCUT2D eigenvalue weighted by molar-refractivity contribution is 7.99. The third-order valence-corrected chi connectivity index (χ3v) is 3.13. The molecular formula is C11H9N7O2S. The van der Waals surface area contributed by atoms with Crippen molar-refractivity contribution in [2.24, 2.45) is 0 Å². The minimum absolute atomic E-state index is 0.132. The zero-order valence-electron chi connectivity index (χ0n) is 10.6. The Hall–Kier alpha value is -2.75. The minimum Gasteiger partial charge on any atom is -0.411 e. The Morgan fingerprint density at radius 2 is 2.19 bits per heavy atom. The van der Waals surface area contributed by atoms with Crippen LogP contribution in [0.1, 0.15) is 0 Å². The fourth-order valence-corrected chi connectivity index (χ4v) is 1.99. The van der Waals surface area contributed by atoms with Crippen molar-refractivity contribution in [1.82, 2.24) is 30.1 Å². The second-order valence-corrected chi connectivity index (χ2v) is 4.73. The first kappa shape index (κ1) is 13.2. The second kappa shape index (κ2) is 6.13. The van der Waals surface area contributed by atoms with Crippen LogP contribution in [0, 0.1) is 0 Å². The monoisotopic (exact) mass is 303 g/mol. The van der Waals surface area contributed by atoms with Gasteiger partial charge in [-0.2, -0.15) is 0 Å². The lowest BCUT2D eigenvalue weighted by atomic mass is 10.3. The normalized spacial score (nSPS) is 10.5. The molecular weight excluding hydrogens is 294 g/mol. The van der Waals surface area contributed by atoms with Crippen molar-refractivity contribution in [3.8, 4) is 11.5 Å². The Balaban J connectivity index is 1.56. The summed E-state index contributed by atoms with van der Waals surface area (Å²) in [5.41, 5.74) is 3.29. The van der Waals surface area contributed by atoms with Crippen LogP contribution in [-0.2, 0) is 4.79 Å². The van der Waals surface area contributed by atoms with Gasteiger partial charge in [0.25, 0.3) is 5.22 Å². The summed E-state index contributed by atoms with van der Waals surface area (Å²) < 4.78 is 6.80. The highest BCUT2D eigenvalue weighted by Crippen LogP contribution is 2.22. The number of carbonyl (C=O) groups is 1. The molecule has 0 bridgehead atoms. The smallest absolute Gasteiger partial charge is 0.277 e. The van der Waals surface area contributed by atoms with Crippen LogP contribution in [0.4, 0.5) is 0 Å². The molecule has 106 valence electrons. The molecule has 0 saturated heterocycles. The highest BCUT2D eigenvalue weighted by Gasteiger charge is 2.11. The summed E-state index contributed by atoms with van der Waals surface area (Å²) in [7, 11) is 0. The number of hydrogen-bond acceptors (Lipinski definition) is 8. The Labute approximate surface area is 122 Å². The van der Waals surface area contributed by atoms with Crippen LogP contribution in [0.3, 0.4) is 0 Å². The van der Waals surface area contributed by atoms with Crippen LogP contribution >= 0.6 is 11.8 Å². The van der Waals surface area contributed by atoms with Gasteiger partial charge in [-0.25, -0.2) is 4.68 Å². The molecule has 0 aliphatic rings. The standard InChI is InChI=1S/C11H9N7O2S/c19-9(17-18-6-13-14-7-18)5-21-11-16-15-10(20-11)8-2-1-3-12-4-8/h1-4,6-7H,5H2,(H,17,19). The van der Waals surface area contributed by atoms with Gasteiger partial charge in [0, 0.05) is 12.4 Å². The topological polar surface area (TPSA) is 112 Å². The summed E-state index contributed by atoms with van der Waals surface area (Å²) in [6.45, 7) is 0. The fraction of sp³-hybridized carbons (Fsp3) is 0.0909. The molecule has 0 atom stereocenters. The van der Waals surface area contributed by atoms with E-state index in [9.17, 15) is 4.79 Å². The molecule has 0 radical (unpaired) electrons. The third-order valence-electron chi connectivity index (χ3n) is 2.31. The van der Waals surface area contributed by atoms with Gasteiger partial charge in [-0.1, -0.05) is 11.8 Å². The van der Waals surface area contributed by atoms with Crippen molar-refractivity contribution in [1.29, 1.82) is 0 Å². The number of thioether (sulfide) groups is 1. The maximum absolute atomic E-state index is 11.7. The summed E-state index contributed by atoms with van der Waals surface area (Å²) in [5.74, 6) is 0.262. The van der Waals surface area contributed by atoms with E-state index < -0.39 is 0 Å². The van der Waals surface area contributed by atoms with Crippen LogP contribution in [0.15, 0.2) is 46.8 Å². The first-order chi connectivity index (χ1) is 10.3. The van der Waals surface area contributed by atoms with Crippen molar-refractivity contribution in [3.05, 3.63) is 37.2 Å². The lowest BCUT2D eigenvalue weighted by Gasteiger charge is -2.01. The second-order valence-electron chi connectivity index (χ2n) is 3.81.